The summed E-state index contributed by atoms with van der Waals surface area (Å²) in [4.78, 5) is 0. The van der Waals surface area contributed by atoms with Crippen LogP contribution >= 0.6 is 0 Å². The van der Waals surface area contributed by atoms with E-state index in [9.17, 15) is 0 Å². The van der Waals surface area contributed by atoms with E-state index in [0.717, 1.165) is 23.7 Å². The second kappa shape index (κ2) is 6.52. The first kappa shape index (κ1) is 13.0. The van der Waals surface area contributed by atoms with E-state index in [4.69, 9.17) is 0 Å². The third-order valence-corrected chi connectivity index (χ3v) is 3.99. The lowest BCUT2D eigenvalue weighted by atomic mass is 9.70. The van der Waals surface area contributed by atoms with Crippen molar-refractivity contribution in [3.8, 4) is 0 Å². The molecule has 0 aromatic carbocycles. The summed E-state index contributed by atoms with van der Waals surface area (Å²) in [5.41, 5.74) is 0. The predicted molar refractivity (Wildman–Crippen MR) is 68.0 cm³/mol. The van der Waals surface area contributed by atoms with Gasteiger partial charge in [0.25, 0.3) is 0 Å². The van der Waals surface area contributed by atoms with Crippen molar-refractivity contribution in [1.29, 1.82) is 0 Å². The molecular formula is C14H29N. The Labute approximate surface area is 96.0 Å². The molecule has 0 saturated heterocycles. The Hall–Kier alpha value is -0.0400. The predicted octanol–water partition coefficient (Wildman–Crippen LogP) is 3.69. The minimum atomic E-state index is 0.867. The van der Waals surface area contributed by atoms with Crippen molar-refractivity contribution in [2.75, 3.05) is 13.1 Å². The smallest absolute Gasteiger partial charge is 0.00177 e. The fourth-order valence-electron chi connectivity index (χ4n) is 3.10. The molecule has 1 nitrogen and oxygen atoms in total. The average Bonchev–Trinajstić information content (AvgIpc) is 2.18. The molecular weight excluding hydrogens is 182 g/mol. The highest BCUT2D eigenvalue weighted by Crippen LogP contribution is 2.37. The van der Waals surface area contributed by atoms with Crippen LogP contribution in [0.3, 0.4) is 0 Å². The molecule has 0 aliphatic heterocycles. The van der Waals surface area contributed by atoms with Crippen LogP contribution in [0.2, 0.25) is 0 Å². The van der Waals surface area contributed by atoms with Gasteiger partial charge in [-0.3, -0.25) is 0 Å². The van der Waals surface area contributed by atoms with Gasteiger partial charge in [0.1, 0.15) is 0 Å². The molecule has 0 radical (unpaired) electrons. The highest BCUT2D eigenvalue weighted by molar-refractivity contribution is 4.81. The largest absolute Gasteiger partial charge is 0.316 e. The quantitative estimate of drug-likeness (QED) is 0.684. The molecule has 0 aromatic rings. The second-order valence-electron chi connectivity index (χ2n) is 5.79. The summed E-state index contributed by atoms with van der Waals surface area (Å²) in [6, 6.07) is 0. The van der Waals surface area contributed by atoms with Gasteiger partial charge in [0.05, 0.1) is 0 Å². The monoisotopic (exact) mass is 211 g/mol. The third-order valence-electron chi connectivity index (χ3n) is 3.99. The van der Waals surface area contributed by atoms with Crippen molar-refractivity contribution < 1.29 is 0 Å². The first-order valence-corrected chi connectivity index (χ1v) is 6.85. The van der Waals surface area contributed by atoms with Crippen molar-refractivity contribution in [2.24, 2.45) is 23.7 Å². The minimum Gasteiger partial charge on any atom is -0.316 e. The lowest BCUT2D eigenvalue weighted by Gasteiger charge is -2.37. The molecule has 0 aromatic heterocycles. The Bertz CT molecular complexity index is 165. The van der Waals surface area contributed by atoms with E-state index in [-0.39, 0.29) is 0 Å². The van der Waals surface area contributed by atoms with Gasteiger partial charge in [-0.15, -0.1) is 0 Å². The van der Waals surface area contributed by atoms with E-state index >= 15 is 0 Å². The molecule has 3 unspecified atom stereocenters. The summed E-state index contributed by atoms with van der Waals surface area (Å²) >= 11 is 0. The van der Waals surface area contributed by atoms with Crippen LogP contribution in [-0.4, -0.2) is 13.1 Å². The van der Waals surface area contributed by atoms with E-state index in [2.05, 4.69) is 33.0 Å². The van der Waals surface area contributed by atoms with Crippen molar-refractivity contribution in [2.45, 2.75) is 53.4 Å². The molecule has 1 heteroatoms. The molecule has 1 aliphatic carbocycles. The number of hydrogen-bond acceptors (Lipinski definition) is 1. The highest BCUT2D eigenvalue weighted by Gasteiger charge is 2.29. The molecule has 1 N–H and O–H groups in total. The van der Waals surface area contributed by atoms with Crippen molar-refractivity contribution in [3.63, 3.8) is 0 Å². The van der Waals surface area contributed by atoms with E-state index < -0.39 is 0 Å². The van der Waals surface area contributed by atoms with Crippen LogP contribution in [-0.2, 0) is 0 Å². The summed E-state index contributed by atoms with van der Waals surface area (Å²) in [7, 11) is 0. The number of hydrogen-bond donors (Lipinski definition) is 1. The Morgan fingerprint density at radius 1 is 1.27 bits per heavy atom. The van der Waals surface area contributed by atoms with E-state index in [1.165, 1.54) is 38.8 Å². The lowest BCUT2D eigenvalue weighted by molar-refractivity contribution is 0.142. The van der Waals surface area contributed by atoms with Gasteiger partial charge in [-0.1, -0.05) is 34.1 Å². The van der Waals surface area contributed by atoms with E-state index in [1.54, 1.807) is 0 Å². The summed E-state index contributed by atoms with van der Waals surface area (Å²) in [5.74, 6) is 3.71. The van der Waals surface area contributed by atoms with Gasteiger partial charge in [0.2, 0.25) is 0 Å². The Balaban J connectivity index is 2.39. The van der Waals surface area contributed by atoms with Gasteiger partial charge in [0, 0.05) is 0 Å². The molecule has 15 heavy (non-hydrogen) atoms. The number of nitrogens with one attached hydrogen (secondary N) is 1. The first-order chi connectivity index (χ1) is 7.15. The fourth-order valence-corrected chi connectivity index (χ4v) is 3.10. The molecule has 1 rings (SSSR count). The molecule has 0 heterocycles. The standard InChI is InChI=1S/C14H29N/c1-5-8-15-10-13-9-12(4)6-7-14(13)11(2)3/h11-15H,5-10H2,1-4H3. The molecule has 3 atom stereocenters. The van der Waals surface area contributed by atoms with E-state index in [0.29, 0.717) is 0 Å². The van der Waals surface area contributed by atoms with Crippen LogP contribution in [0.4, 0.5) is 0 Å². The molecule has 0 spiro atoms. The molecule has 0 amide bonds. The van der Waals surface area contributed by atoms with Crippen LogP contribution in [0.25, 0.3) is 0 Å². The van der Waals surface area contributed by atoms with Crippen molar-refractivity contribution in [1.82, 2.24) is 5.32 Å². The number of rotatable bonds is 5. The van der Waals surface area contributed by atoms with Crippen LogP contribution in [0.1, 0.15) is 53.4 Å². The maximum absolute atomic E-state index is 3.61. The normalized spacial score (nSPS) is 32.2. The summed E-state index contributed by atoms with van der Waals surface area (Å²) < 4.78 is 0. The van der Waals surface area contributed by atoms with E-state index in [1.807, 2.05) is 0 Å². The Morgan fingerprint density at radius 2 is 2.00 bits per heavy atom. The lowest BCUT2D eigenvalue weighted by Crippen LogP contribution is -2.35. The summed E-state index contributed by atoms with van der Waals surface area (Å²) in [6.45, 7) is 11.9. The van der Waals surface area contributed by atoms with Gasteiger partial charge in [-0.2, -0.15) is 0 Å². The van der Waals surface area contributed by atoms with Crippen molar-refractivity contribution in [3.05, 3.63) is 0 Å². The van der Waals surface area contributed by atoms with Gasteiger partial charge in [0.15, 0.2) is 0 Å². The molecule has 1 fully saturated rings. The molecule has 0 bridgehead atoms. The zero-order valence-corrected chi connectivity index (χ0v) is 11.1. The first-order valence-electron chi connectivity index (χ1n) is 6.85. The van der Waals surface area contributed by atoms with Gasteiger partial charge >= 0.3 is 0 Å². The molecule has 90 valence electrons. The van der Waals surface area contributed by atoms with Gasteiger partial charge in [-0.25, -0.2) is 0 Å². The summed E-state index contributed by atoms with van der Waals surface area (Å²) in [6.07, 6.45) is 5.61. The van der Waals surface area contributed by atoms with Crippen LogP contribution in [0, 0.1) is 23.7 Å². The summed E-state index contributed by atoms with van der Waals surface area (Å²) in [5, 5.41) is 3.61. The third kappa shape index (κ3) is 4.14. The second-order valence-corrected chi connectivity index (χ2v) is 5.79. The Morgan fingerprint density at radius 3 is 2.60 bits per heavy atom. The fraction of sp³-hybridized carbons (Fsp3) is 1.00. The highest BCUT2D eigenvalue weighted by atomic mass is 14.9. The average molecular weight is 211 g/mol. The van der Waals surface area contributed by atoms with Crippen LogP contribution in [0.5, 0.6) is 0 Å². The maximum Gasteiger partial charge on any atom is -0.00177 e. The van der Waals surface area contributed by atoms with Crippen molar-refractivity contribution >= 4 is 0 Å². The zero-order valence-electron chi connectivity index (χ0n) is 11.1. The topological polar surface area (TPSA) is 12.0 Å². The van der Waals surface area contributed by atoms with Gasteiger partial charge in [-0.05, 0) is 56.0 Å². The Kier molecular flexibility index (Phi) is 5.66. The zero-order chi connectivity index (χ0) is 11.3. The van der Waals surface area contributed by atoms with Crippen LogP contribution < -0.4 is 5.32 Å². The molecule has 1 saturated carbocycles. The minimum absolute atomic E-state index is 0.867. The van der Waals surface area contributed by atoms with Crippen LogP contribution in [0.15, 0.2) is 0 Å². The SMILES string of the molecule is CCCNCC1CC(C)CCC1C(C)C. The van der Waals surface area contributed by atoms with Gasteiger partial charge < -0.3 is 5.32 Å². The maximum atomic E-state index is 3.61. The molecule has 1 aliphatic rings.